The maximum Gasteiger partial charge on any atom is 0.341 e. The second-order valence-corrected chi connectivity index (χ2v) is 6.81. The van der Waals surface area contributed by atoms with Gasteiger partial charge in [-0.25, -0.2) is 18.6 Å². The number of carbonyl (C=O) groups excluding carboxylic acids is 1. The molecule has 2 rings (SSSR count). The maximum atomic E-state index is 11.6. The number of pyridine rings is 1. The molecule has 0 spiro atoms. The van der Waals surface area contributed by atoms with Gasteiger partial charge in [-0.15, -0.1) is 10.2 Å². The number of hydrogen-bond acceptors (Lipinski definition) is 7. The van der Waals surface area contributed by atoms with Gasteiger partial charge < -0.3 is 0 Å². The van der Waals surface area contributed by atoms with Crippen molar-refractivity contribution in [2.24, 2.45) is 7.05 Å². The minimum atomic E-state index is -4.94. The summed E-state index contributed by atoms with van der Waals surface area (Å²) in [5.41, 5.74) is 2.20. The minimum Gasteiger partial charge on any atom is -0.294 e. The highest BCUT2D eigenvalue weighted by Gasteiger charge is 2.30. The van der Waals surface area contributed by atoms with Crippen molar-refractivity contribution in [1.29, 1.82) is 0 Å². The van der Waals surface area contributed by atoms with Crippen molar-refractivity contribution < 1.29 is 43.2 Å². The van der Waals surface area contributed by atoms with Gasteiger partial charge >= 0.3 is 5.69 Å². The summed E-state index contributed by atoms with van der Waals surface area (Å²) in [6.45, 7) is 3.19. The summed E-state index contributed by atoms with van der Waals surface area (Å²) in [5.74, 6) is -0.187. The molecule has 0 radical (unpaired) electrons. The van der Waals surface area contributed by atoms with Crippen molar-refractivity contribution in [3.05, 3.63) is 56.2 Å². The Morgan fingerprint density at radius 1 is 1.15 bits per heavy atom. The molecule has 11 heteroatoms. The average Bonchev–Trinajstić information content (AvgIpc) is 2.48. The van der Waals surface area contributed by atoms with Crippen LogP contribution in [0.5, 0.6) is 0 Å². The molecular formula is C15H14BrClN2O7. The number of hydrogen-bond donors (Lipinski definition) is 0. The van der Waals surface area contributed by atoms with Crippen LogP contribution in [0.3, 0.4) is 0 Å². The first-order chi connectivity index (χ1) is 11.8. The van der Waals surface area contributed by atoms with Gasteiger partial charge in [-0.2, -0.15) is 4.57 Å². The largest absolute Gasteiger partial charge is 0.341 e. The lowest BCUT2D eigenvalue weighted by Gasteiger charge is -2.17. The zero-order valence-corrected chi connectivity index (χ0v) is 16.2. The first kappa shape index (κ1) is 22.1. The van der Waals surface area contributed by atoms with E-state index in [0.29, 0.717) is 17.0 Å². The summed E-state index contributed by atoms with van der Waals surface area (Å²) in [6, 6.07) is 8.62. The van der Waals surface area contributed by atoms with E-state index in [1.807, 2.05) is 12.1 Å². The summed E-state index contributed by atoms with van der Waals surface area (Å²) < 4.78 is 36.6. The lowest BCUT2D eigenvalue weighted by atomic mass is 10.0. The molecule has 1 aromatic carbocycles. The smallest absolute Gasteiger partial charge is 0.294 e. The van der Waals surface area contributed by atoms with Crippen LogP contribution >= 0.6 is 15.9 Å². The normalized spacial score (nSPS) is 10.8. The number of aromatic nitrogens is 1. The Hall–Kier alpha value is -1.95. The van der Waals surface area contributed by atoms with Crippen LogP contribution < -0.4 is 23.2 Å². The van der Waals surface area contributed by atoms with Crippen molar-refractivity contribution in [3.63, 3.8) is 0 Å². The highest BCUT2D eigenvalue weighted by molar-refractivity contribution is 9.10. The molecule has 0 amide bonds. The van der Waals surface area contributed by atoms with Crippen LogP contribution in [0.1, 0.15) is 23.0 Å². The van der Waals surface area contributed by atoms with Crippen molar-refractivity contribution in [2.75, 3.05) is 0 Å². The summed E-state index contributed by atoms with van der Waals surface area (Å²) in [4.78, 5) is 22.6. The van der Waals surface area contributed by atoms with Gasteiger partial charge in [0.25, 0.3) is 5.69 Å². The Balaban J connectivity index is 0.000000597. The monoisotopic (exact) mass is 448 g/mol. The van der Waals surface area contributed by atoms with E-state index < -0.39 is 15.2 Å². The Morgan fingerprint density at radius 3 is 2.00 bits per heavy atom. The quantitative estimate of drug-likeness (QED) is 0.241. The molecule has 0 aliphatic rings. The zero-order chi connectivity index (χ0) is 20.2. The van der Waals surface area contributed by atoms with E-state index in [1.54, 1.807) is 30.7 Å². The minimum absolute atomic E-state index is 0.0735. The second-order valence-electron chi connectivity index (χ2n) is 5.13. The van der Waals surface area contributed by atoms with E-state index in [-0.39, 0.29) is 11.5 Å². The lowest BCUT2D eigenvalue weighted by molar-refractivity contribution is -2.00. The molecule has 2 aromatic rings. The predicted octanol–water partition coefficient (Wildman–Crippen LogP) is -1.40. The SMILES string of the molecule is CC(=O)c1cc([N+](=O)[O-])c(-c2ccc(Br)cc2)[n+](C)c1C.[O-][Cl+3]([O-])([O-])[O-]. The zero-order valence-electron chi connectivity index (χ0n) is 13.9. The molecule has 0 atom stereocenters. The Morgan fingerprint density at radius 2 is 1.62 bits per heavy atom. The second kappa shape index (κ2) is 8.62. The topological polar surface area (TPSA) is 156 Å². The molecule has 0 N–H and O–H groups in total. The molecule has 0 bridgehead atoms. The van der Waals surface area contributed by atoms with Crippen molar-refractivity contribution in [3.8, 4) is 11.3 Å². The van der Waals surface area contributed by atoms with Crippen molar-refractivity contribution in [2.45, 2.75) is 13.8 Å². The highest BCUT2D eigenvalue weighted by Crippen LogP contribution is 2.29. The predicted molar refractivity (Wildman–Crippen MR) is 82.1 cm³/mol. The molecule has 0 saturated heterocycles. The van der Waals surface area contributed by atoms with Gasteiger partial charge in [-0.1, -0.05) is 15.9 Å². The molecule has 9 nitrogen and oxygen atoms in total. The van der Waals surface area contributed by atoms with Gasteiger partial charge in [-0.05, 0) is 31.2 Å². The van der Waals surface area contributed by atoms with Gasteiger partial charge in [0.2, 0.25) is 0 Å². The van der Waals surface area contributed by atoms with Crippen LogP contribution in [0, 0.1) is 27.3 Å². The first-order valence-corrected chi connectivity index (χ1v) is 8.92. The van der Waals surface area contributed by atoms with E-state index in [2.05, 4.69) is 15.9 Å². The summed E-state index contributed by atoms with van der Waals surface area (Å²) in [6.07, 6.45) is 0. The number of nitro groups is 1. The standard InChI is InChI=1S/C15H14BrN2O3.ClHO4/c1-9-13(10(2)19)8-14(18(20)21)15(17(9)3)11-4-6-12(16)7-5-11;2-1(3,4)5/h4-8H,1-3H3;(H,2,3,4,5)/q+1;/p-1. The molecule has 0 aliphatic carbocycles. The molecule has 0 unspecified atom stereocenters. The summed E-state index contributed by atoms with van der Waals surface area (Å²) >= 11 is 3.34. The third-order valence-electron chi connectivity index (χ3n) is 3.45. The number of halogens is 2. The van der Waals surface area contributed by atoms with E-state index in [0.717, 1.165) is 10.0 Å². The fourth-order valence-corrected chi connectivity index (χ4v) is 2.54. The number of Topliss-reactive ketones (excluding diaryl/α,β-unsaturated/α-hetero) is 1. The number of ketones is 1. The third-order valence-corrected chi connectivity index (χ3v) is 3.97. The Kier molecular flexibility index (Phi) is 7.33. The van der Waals surface area contributed by atoms with Gasteiger partial charge in [0.05, 0.1) is 16.1 Å². The number of carbonyl (C=O) groups is 1. The van der Waals surface area contributed by atoms with E-state index in [4.69, 9.17) is 18.6 Å². The molecule has 140 valence electrons. The van der Waals surface area contributed by atoms with Crippen molar-refractivity contribution in [1.82, 2.24) is 0 Å². The summed E-state index contributed by atoms with van der Waals surface area (Å²) in [7, 11) is -3.22. The molecule has 0 aliphatic heterocycles. The molecule has 26 heavy (non-hydrogen) atoms. The molecule has 0 saturated carbocycles. The summed E-state index contributed by atoms with van der Waals surface area (Å²) in [5, 5.41) is 11.4. The van der Waals surface area contributed by atoms with Crippen LogP contribution in [0.4, 0.5) is 5.69 Å². The third kappa shape index (κ3) is 6.09. The number of rotatable bonds is 3. The van der Waals surface area contributed by atoms with Gasteiger partial charge in [0.15, 0.2) is 11.5 Å². The lowest BCUT2D eigenvalue weighted by Crippen LogP contribution is -2.68. The Bertz CT molecular complexity index is 829. The fraction of sp³-hybridized carbons (Fsp3) is 0.200. The van der Waals surface area contributed by atoms with E-state index >= 15 is 0 Å². The highest BCUT2D eigenvalue weighted by atomic mass is 79.9. The van der Waals surface area contributed by atoms with Crippen LogP contribution in [-0.4, -0.2) is 10.7 Å². The van der Waals surface area contributed by atoms with Gasteiger partial charge in [0, 0.05) is 17.5 Å². The van der Waals surface area contributed by atoms with Crippen LogP contribution in [0.25, 0.3) is 11.3 Å². The van der Waals surface area contributed by atoms with Gasteiger partial charge in [-0.3, -0.25) is 14.9 Å². The Labute approximate surface area is 159 Å². The van der Waals surface area contributed by atoms with E-state index in [9.17, 15) is 14.9 Å². The van der Waals surface area contributed by atoms with Crippen LogP contribution in [0.15, 0.2) is 34.8 Å². The van der Waals surface area contributed by atoms with Gasteiger partial charge in [0.1, 0.15) is 7.05 Å². The van der Waals surface area contributed by atoms with Crippen LogP contribution in [0.2, 0.25) is 0 Å². The first-order valence-electron chi connectivity index (χ1n) is 6.89. The van der Waals surface area contributed by atoms with E-state index in [1.165, 1.54) is 13.0 Å². The maximum absolute atomic E-state index is 11.6. The molecular weight excluding hydrogens is 436 g/mol. The molecule has 0 fully saturated rings. The van der Waals surface area contributed by atoms with Crippen LogP contribution in [-0.2, 0) is 7.05 Å². The average molecular weight is 450 g/mol. The van der Waals surface area contributed by atoms with Crippen molar-refractivity contribution >= 4 is 27.4 Å². The fourth-order valence-electron chi connectivity index (χ4n) is 2.27. The number of benzene rings is 1. The molecule has 1 heterocycles. The molecule has 1 aromatic heterocycles. The number of nitrogens with zero attached hydrogens (tertiary/aromatic N) is 2.